The molecule has 2 rings (SSSR count). The zero-order valence-electron chi connectivity index (χ0n) is 13.9. The van der Waals surface area contributed by atoms with Gasteiger partial charge >= 0.3 is 12.6 Å². The minimum Gasteiger partial charge on any atom is -0.493 e. The summed E-state index contributed by atoms with van der Waals surface area (Å²) >= 11 is 0. The maximum Gasteiger partial charge on any atom is 0.387 e. The Morgan fingerprint density at radius 2 is 2.12 bits per heavy atom. The van der Waals surface area contributed by atoms with Gasteiger partial charge in [-0.15, -0.1) is 0 Å². The summed E-state index contributed by atoms with van der Waals surface area (Å²) in [5.41, 5.74) is 0.232. The van der Waals surface area contributed by atoms with Crippen molar-refractivity contribution in [2.24, 2.45) is 5.92 Å². The van der Waals surface area contributed by atoms with Gasteiger partial charge in [0.1, 0.15) is 0 Å². The fraction of sp³-hybridized carbons (Fsp3) is 0.529. The highest BCUT2D eigenvalue weighted by Crippen LogP contribution is 2.31. The van der Waals surface area contributed by atoms with E-state index in [0.29, 0.717) is 19.5 Å². The molecule has 6 nitrogen and oxygen atoms in total. The first-order chi connectivity index (χ1) is 11.9. The summed E-state index contributed by atoms with van der Waals surface area (Å²) in [4.78, 5) is 25.0. The van der Waals surface area contributed by atoms with E-state index in [-0.39, 0.29) is 35.3 Å². The summed E-state index contributed by atoms with van der Waals surface area (Å²) in [5.74, 6) is -1.09. The van der Waals surface area contributed by atoms with Gasteiger partial charge in [0.05, 0.1) is 7.11 Å². The van der Waals surface area contributed by atoms with Crippen molar-refractivity contribution < 1.29 is 33.0 Å². The molecule has 1 amide bonds. The molecule has 0 radical (unpaired) electrons. The molecule has 1 aliphatic heterocycles. The summed E-state index contributed by atoms with van der Waals surface area (Å²) < 4.78 is 34.4. The van der Waals surface area contributed by atoms with Crippen LogP contribution in [-0.4, -0.2) is 48.7 Å². The van der Waals surface area contributed by atoms with Crippen molar-refractivity contribution in [3.05, 3.63) is 23.8 Å². The number of amides is 1. The second-order valence-corrected chi connectivity index (χ2v) is 5.94. The van der Waals surface area contributed by atoms with Crippen LogP contribution in [0, 0.1) is 5.92 Å². The van der Waals surface area contributed by atoms with Crippen molar-refractivity contribution in [3.8, 4) is 11.5 Å². The van der Waals surface area contributed by atoms with Crippen LogP contribution in [0.15, 0.2) is 18.2 Å². The second-order valence-electron chi connectivity index (χ2n) is 5.94. The monoisotopic (exact) mass is 357 g/mol. The predicted molar refractivity (Wildman–Crippen MR) is 85.1 cm³/mol. The number of hydrogen-bond acceptors (Lipinski definition) is 4. The SMILES string of the molecule is COc1ccc(C(=O)N2CCCC(CCC(=O)O)C2)cc1OC(F)F. The van der Waals surface area contributed by atoms with Crippen molar-refractivity contribution in [2.75, 3.05) is 20.2 Å². The van der Waals surface area contributed by atoms with Crippen LogP contribution in [0.4, 0.5) is 8.78 Å². The quantitative estimate of drug-likeness (QED) is 0.812. The lowest BCUT2D eigenvalue weighted by atomic mass is 9.93. The van der Waals surface area contributed by atoms with E-state index < -0.39 is 12.6 Å². The van der Waals surface area contributed by atoms with Crippen molar-refractivity contribution in [1.29, 1.82) is 0 Å². The molecule has 0 aliphatic carbocycles. The van der Waals surface area contributed by atoms with Gasteiger partial charge in [0.15, 0.2) is 11.5 Å². The molecule has 1 heterocycles. The molecule has 0 saturated carbocycles. The fourth-order valence-electron chi connectivity index (χ4n) is 2.99. The minimum absolute atomic E-state index is 0.0710. The Kier molecular flexibility index (Phi) is 6.55. The number of carboxylic acid groups (broad SMARTS) is 1. The molecule has 1 fully saturated rings. The number of ether oxygens (including phenoxy) is 2. The van der Waals surface area contributed by atoms with Gasteiger partial charge in [-0.2, -0.15) is 8.78 Å². The lowest BCUT2D eigenvalue weighted by Crippen LogP contribution is -2.40. The summed E-state index contributed by atoms with van der Waals surface area (Å²) in [6.07, 6.45) is 2.25. The van der Waals surface area contributed by atoms with Gasteiger partial charge in [0.2, 0.25) is 0 Å². The van der Waals surface area contributed by atoms with Gasteiger partial charge < -0.3 is 19.5 Å². The molecule has 25 heavy (non-hydrogen) atoms. The van der Waals surface area contributed by atoms with Gasteiger partial charge in [-0.3, -0.25) is 9.59 Å². The summed E-state index contributed by atoms with van der Waals surface area (Å²) in [6, 6.07) is 4.16. The number of nitrogens with zero attached hydrogens (tertiary/aromatic N) is 1. The molecular formula is C17H21F2NO5. The molecule has 1 aromatic carbocycles. The van der Waals surface area contributed by atoms with Crippen LogP contribution in [0.2, 0.25) is 0 Å². The standard InChI is InChI=1S/C17H21F2NO5/c1-24-13-6-5-12(9-14(13)25-17(18)19)16(23)20-8-2-3-11(10-20)4-7-15(21)22/h5-6,9,11,17H,2-4,7-8,10H2,1H3,(H,21,22). The van der Waals surface area contributed by atoms with Crippen molar-refractivity contribution >= 4 is 11.9 Å². The highest BCUT2D eigenvalue weighted by atomic mass is 19.3. The first kappa shape index (κ1) is 19.0. The highest BCUT2D eigenvalue weighted by Gasteiger charge is 2.25. The van der Waals surface area contributed by atoms with Crippen LogP contribution in [0.3, 0.4) is 0 Å². The predicted octanol–water partition coefficient (Wildman–Crippen LogP) is 3.01. The Labute approximate surface area is 144 Å². The van der Waals surface area contributed by atoms with Crippen molar-refractivity contribution in [3.63, 3.8) is 0 Å². The summed E-state index contributed by atoms with van der Waals surface area (Å²) in [7, 11) is 1.33. The average molecular weight is 357 g/mol. The molecular weight excluding hydrogens is 336 g/mol. The fourth-order valence-corrected chi connectivity index (χ4v) is 2.99. The molecule has 8 heteroatoms. The van der Waals surface area contributed by atoms with E-state index in [4.69, 9.17) is 9.84 Å². The van der Waals surface area contributed by atoms with Gasteiger partial charge in [-0.05, 0) is 43.4 Å². The van der Waals surface area contributed by atoms with Crippen molar-refractivity contribution in [1.82, 2.24) is 4.90 Å². The number of aliphatic carboxylic acids is 1. The molecule has 138 valence electrons. The van der Waals surface area contributed by atoms with Gasteiger partial charge in [-0.1, -0.05) is 0 Å². The number of methoxy groups -OCH3 is 1. The maximum absolute atomic E-state index is 12.6. The number of piperidine rings is 1. The molecule has 1 atom stereocenters. The number of benzene rings is 1. The van der Waals surface area contributed by atoms with Crippen LogP contribution in [0.25, 0.3) is 0 Å². The normalized spacial score (nSPS) is 17.4. The number of carboxylic acids is 1. The Balaban J connectivity index is 2.09. The zero-order valence-corrected chi connectivity index (χ0v) is 13.9. The number of rotatable bonds is 7. The lowest BCUT2D eigenvalue weighted by molar-refractivity contribution is -0.137. The van der Waals surface area contributed by atoms with E-state index in [9.17, 15) is 18.4 Å². The molecule has 1 saturated heterocycles. The highest BCUT2D eigenvalue weighted by molar-refractivity contribution is 5.95. The van der Waals surface area contributed by atoms with Crippen LogP contribution < -0.4 is 9.47 Å². The van der Waals surface area contributed by atoms with Crippen LogP contribution in [-0.2, 0) is 4.79 Å². The van der Waals surface area contributed by atoms with Crippen LogP contribution in [0.5, 0.6) is 11.5 Å². The van der Waals surface area contributed by atoms with E-state index in [1.807, 2.05) is 0 Å². The van der Waals surface area contributed by atoms with E-state index in [0.717, 1.165) is 12.8 Å². The van der Waals surface area contributed by atoms with E-state index in [1.165, 1.54) is 25.3 Å². The topological polar surface area (TPSA) is 76.1 Å². The van der Waals surface area contributed by atoms with Gasteiger partial charge in [-0.25, -0.2) is 0 Å². The smallest absolute Gasteiger partial charge is 0.387 e. The first-order valence-electron chi connectivity index (χ1n) is 8.04. The number of carbonyl (C=O) groups is 2. The third-order valence-electron chi connectivity index (χ3n) is 4.20. The number of likely N-dealkylation sites (tertiary alicyclic amines) is 1. The molecule has 1 N–H and O–H groups in total. The first-order valence-corrected chi connectivity index (χ1v) is 8.04. The van der Waals surface area contributed by atoms with Gasteiger partial charge in [0.25, 0.3) is 5.91 Å². The second kappa shape index (κ2) is 8.64. The molecule has 1 aromatic rings. The Hall–Kier alpha value is -2.38. The number of carbonyl (C=O) groups excluding carboxylic acids is 1. The maximum atomic E-state index is 12.6. The Bertz CT molecular complexity index is 623. The van der Waals surface area contributed by atoms with Crippen molar-refractivity contribution in [2.45, 2.75) is 32.3 Å². The minimum atomic E-state index is -3.02. The van der Waals surface area contributed by atoms with E-state index >= 15 is 0 Å². The molecule has 0 aromatic heterocycles. The third kappa shape index (κ3) is 5.30. The van der Waals surface area contributed by atoms with Crippen LogP contribution >= 0.6 is 0 Å². The third-order valence-corrected chi connectivity index (χ3v) is 4.20. The molecule has 0 bridgehead atoms. The zero-order chi connectivity index (χ0) is 18.4. The number of hydrogen-bond donors (Lipinski definition) is 1. The number of halogens is 2. The van der Waals surface area contributed by atoms with Gasteiger partial charge in [0, 0.05) is 25.1 Å². The largest absolute Gasteiger partial charge is 0.493 e. The Morgan fingerprint density at radius 3 is 2.76 bits per heavy atom. The lowest BCUT2D eigenvalue weighted by Gasteiger charge is -2.32. The molecule has 0 spiro atoms. The van der Waals surface area contributed by atoms with E-state index in [2.05, 4.69) is 4.74 Å². The van der Waals surface area contributed by atoms with E-state index in [1.54, 1.807) is 4.90 Å². The molecule has 1 unspecified atom stereocenters. The number of alkyl halides is 2. The molecule has 1 aliphatic rings. The summed E-state index contributed by atoms with van der Waals surface area (Å²) in [5, 5.41) is 8.78. The van der Waals surface area contributed by atoms with Crippen LogP contribution in [0.1, 0.15) is 36.0 Å². The average Bonchev–Trinajstić information content (AvgIpc) is 2.59. The Morgan fingerprint density at radius 1 is 1.36 bits per heavy atom. The summed E-state index contributed by atoms with van der Waals surface area (Å²) in [6.45, 7) is -2.00.